The van der Waals surface area contributed by atoms with Gasteiger partial charge in [0.1, 0.15) is 5.75 Å². The SMILES string of the molecule is COc1ccccc1CN1CCC(NC(=O)c2cnn(-c3ccc(Br)cc3)c2C)CC1. The standard InChI is InChI=1S/C24H27BrN4O2/c1-17-22(15-26-29(17)21-9-7-19(25)8-10-21)24(30)27-20-11-13-28(14-12-20)16-18-5-3-4-6-23(18)31-2/h3-10,15,20H,11-14,16H2,1-2H3,(H,27,30). The number of nitrogens with zero attached hydrogens (tertiary/aromatic N) is 3. The Morgan fingerprint density at radius 2 is 1.87 bits per heavy atom. The number of ether oxygens (including phenoxy) is 1. The zero-order valence-corrected chi connectivity index (χ0v) is 19.4. The molecule has 0 spiro atoms. The molecular formula is C24H27BrN4O2. The number of hydrogen-bond donors (Lipinski definition) is 1. The summed E-state index contributed by atoms with van der Waals surface area (Å²) in [4.78, 5) is 15.3. The van der Waals surface area contributed by atoms with Gasteiger partial charge in [0.15, 0.2) is 0 Å². The van der Waals surface area contributed by atoms with E-state index < -0.39 is 0 Å². The van der Waals surface area contributed by atoms with Crippen molar-refractivity contribution >= 4 is 21.8 Å². The fourth-order valence-corrected chi connectivity index (χ4v) is 4.31. The maximum Gasteiger partial charge on any atom is 0.254 e. The minimum Gasteiger partial charge on any atom is -0.496 e. The van der Waals surface area contributed by atoms with Gasteiger partial charge in [-0.15, -0.1) is 0 Å². The molecule has 1 amide bonds. The number of carbonyl (C=O) groups excluding carboxylic acids is 1. The molecule has 162 valence electrons. The molecule has 0 saturated carbocycles. The third kappa shape index (κ3) is 4.99. The van der Waals surface area contributed by atoms with E-state index in [1.54, 1.807) is 18.0 Å². The molecule has 0 radical (unpaired) electrons. The second kappa shape index (κ2) is 9.66. The highest BCUT2D eigenvalue weighted by Gasteiger charge is 2.23. The molecule has 0 aliphatic carbocycles. The van der Waals surface area contributed by atoms with Crippen molar-refractivity contribution in [3.63, 3.8) is 0 Å². The summed E-state index contributed by atoms with van der Waals surface area (Å²) < 4.78 is 8.28. The van der Waals surface area contributed by atoms with Crippen LogP contribution in [0.3, 0.4) is 0 Å². The summed E-state index contributed by atoms with van der Waals surface area (Å²) in [6, 6.07) is 16.2. The molecule has 0 unspecified atom stereocenters. The Morgan fingerprint density at radius 1 is 1.16 bits per heavy atom. The van der Waals surface area contributed by atoms with Crippen LogP contribution in [0.4, 0.5) is 0 Å². The van der Waals surface area contributed by atoms with Gasteiger partial charge in [0, 0.05) is 35.7 Å². The van der Waals surface area contributed by atoms with Gasteiger partial charge in [-0.1, -0.05) is 34.1 Å². The van der Waals surface area contributed by atoms with Crippen LogP contribution < -0.4 is 10.1 Å². The lowest BCUT2D eigenvalue weighted by molar-refractivity contribution is 0.0908. The quantitative estimate of drug-likeness (QED) is 0.567. The largest absolute Gasteiger partial charge is 0.496 e. The second-order valence-electron chi connectivity index (χ2n) is 7.87. The Kier molecular flexibility index (Phi) is 6.73. The number of hydrogen-bond acceptors (Lipinski definition) is 4. The lowest BCUT2D eigenvalue weighted by Crippen LogP contribution is -2.44. The number of halogens is 1. The third-order valence-corrected chi connectivity index (χ3v) is 6.36. The van der Waals surface area contributed by atoms with Crippen molar-refractivity contribution in [2.75, 3.05) is 20.2 Å². The lowest BCUT2D eigenvalue weighted by Gasteiger charge is -2.32. The van der Waals surface area contributed by atoms with E-state index in [0.29, 0.717) is 5.56 Å². The van der Waals surface area contributed by atoms with Crippen molar-refractivity contribution in [1.82, 2.24) is 20.0 Å². The van der Waals surface area contributed by atoms with Gasteiger partial charge in [0.25, 0.3) is 5.91 Å². The molecule has 1 aliphatic heterocycles. The maximum absolute atomic E-state index is 12.9. The van der Waals surface area contributed by atoms with Crippen LogP contribution >= 0.6 is 15.9 Å². The minimum absolute atomic E-state index is 0.0518. The maximum atomic E-state index is 12.9. The number of rotatable bonds is 6. The molecular weight excluding hydrogens is 456 g/mol. The minimum atomic E-state index is -0.0518. The number of aromatic nitrogens is 2. The van der Waals surface area contributed by atoms with Crippen molar-refractivity contribution < 1.29 is 9.53 Å². The molecule has 1 saturated heterocycles. The van der Waals surface area contributed by atoms with E-state index in [0.717, 1.165) is 54.1 Å². The Bertz CT molecular complexity index is 1040. The molecule has 31 heavy (non-hydrogen) atoms. The summed E-state index contributed by atoms with van der Waals surface area (Å²) in [6.45, 7) is 4.68. The lowest BCUT2D eigenvalue weighted by atomic mass is 10.0. The molecule has 2 heterocycles. The number of amides is 1. The monoisotopic (exact) mass is 482 g/mol. The first-order valence-electron chi connectivity index (χ1n) is 10.5. The van der Waals surface area contributed by atoms with E-state index in [9.17, 15) is 4.79 Å². The van der Waals surface area contributed by atoms with Gasteiger partial charge in [-0.05, 0) is 50.1 Å². The van der Waals surface area contributed by atoms with Gasteiger partial charge < -0.3 is 10.1 Å². The van der Waals surface area contributed by atoms with Crippen molar-refractivity contribution in [1.29, 1.82) is 0 Å². The van der Waals surface area contributed by atoms with Crippen molar-refractivity contribution in [3.8, 4) is 11.4 Å². The van der Waals surface area contributed by atoms with E-state index in [-0.39, 0.29) is 11.9 Å². The van der Waals surface area contributed by atoms with E-state index in [4.69, 9.17) is 4.74 Å². The average molecular weight is 483 g/mol. The van der Waals surface area contributed by atoms with Crippen molar-refractivity contribution in [2.45, 2.75) is 32.4 Å². The van der Waals surface area contributed by atoms with Gasteiger partial charge in [-0.3, -0.25) is 9.69 Å². The molecule has 4 rings (SSSR count). The fourth-order valence-electron chi connectivity index (χ4n) is 4.05. The van der Waals surface area contributed by atoms with Crippen LogP contribution in [0.2, 0.25) is 0 Å². The predicted molar refractivity (Wildman–Crippen MR) is 125 cm³/mol. The molecule has 7 heteroatoms. The van der Waals surface area contributed by atoms with Crippen LogP contribution in [0.25, 0.3) is 5.69 Å². The van der Waals surface area contributed by atoms with E-state index in [2.05, 4.69) is 37.3 Å². The molecule has 1 aromatic heterocycles. The van der Waals surface area contributed by atoms with Gasteiger partial charge in [0.2, 0.25) is 0 Å². The number of nitrogens with one attached hydrogen (secondary N) is 1. The fraction of sp³-hybridized carbons (Fsp3) is 0.333. The van der Waals surface area contributed by atoms with E-state index >= 15 is 0 Å². The van der Waals surface area contributed by atoms with Crippen LogP contribution in [0.5, 0.6) is 5.75 Å². The Hall–Kier alpha value is -2.64. The van der Waals surface area contributed by atoms with Gasteiger partial charge in [0.05, 0.1) is 30.3 Å². The van der Waals surface area contributed by atoms with Crippen LogP contribution in [0, 0.1) is 6.92 Å². The predicted octanol–water partition coefficient (Wildman–Crippen LogP) is 4.35. The number of carbonyl (C=O) groups is 1. The van der Waals surface area contributed by atoms with E-state index in [1.807, 2.05) is 49.4 Å². The summed E-state index contributed by atoms with van der Waals surface area (Å²) in [5.74, 6) is 0.875. The summed E-state index contributed by atoms with van der Waals surface area (Å²) in [6.07, 6.45) is 3.52. The molecule has 3 aromatic rings. The van der Waals surface area contributed by atoms with Crippen LogP contribution in [0.1, 0.15) is 34.5 Å². The zero-order valence-electron chi connectivity index (χ0n) is 17.8. The number of methoxy groups -OCH3 is 1. The van der Waals surface area contributed by atoms with E-state index in [1.165, 1.54) is 5.56 Å². The number of piperidine rings is 1. The van der Waals surface area contributed by atoms with Crippen molar-refractivity contribution in [2.24, 2.45) is 0 Å². The third-order valence-electron chi connectivity index (χ3n) is 5.83. The summed E-state index contributed by atoms with van der Waals surface area (Å²) in [5, 5.41) is 7.63. The topological polar surface area (TPSA) is 59.4 Å². The number of likely N-dealkylation sites (tertiary alicyclic amines) is 1. The summed E-state index contributed by atoms with van der Waals surface area (Å²) in [7, 11) is 1.71. The van der Waals surface area contributed by atoms with Crippen LogP contribution in [0.15, 0.2) is 59.2 Å². The average Bonchev–Trinajstić information content (AvgIpc) is 3.17. The zero-order chi connectivity index (χ0) is 21.8. The molecule has 1 N–H and O–H groups in total. The summed E-state index contributed by atoms with van der Waals surface area (Å²) in [5.41, 5.74) is 3.60. The highest BCUT2D eigenvalue weighted by Crippen LogP contribution is 2.22. The number of para-hydroxylation sites is 1. The first-order valence-corrected chi connectivity index (χ1v) is 11.3. The summed E-state index contributed by atoms with van der Waals surface area (Å²) >= 11 is 3.45. The van der Waals surface area contributed by atoms with Gasteiger partial charge in [-0.2, -0.15) is 5.10 Å². The molecule has 6 nitrogen and oxygen atoms in total. The number of benzene rings is 2. The Labute approximate surface area is 191 Å². The second-order valence-corrected chi connectivity index (χ2v) is 8.78. The molecule has 2 aromatic carbocycles. The van der Waals surface area contributed by atoms with Gasteiger partial charge >= 0.3 is 0 Å². The molecule has 1 fully saturated rings. The molecule has 1 aliphatic rings. The van der Waals surface area contributed by atoms with Crippen molar-refractivity contribution in [3.05, 3.63) is 76.0 Å². The highest BCUT2D eigenvalue weighted by atomic mass is 79.9. The Balaban J connectivity index is 1.34. The first kappa shape index (κ1) is 21.6. The van der Waals surface area contributed by atoms with Gasteiger partial charge in [-0.25, -0.2) is 4.68 Å². The highest BCUT2D eigenvalue weighted by molar-refractivity contribution is 9.10. The molecule has 0 bridgehead atoms. The first-order chi connectivity index (χ1) is 15.0. The molecule has 0 atom stereocenters. The van der Waals surface area contributed by atoms with Crippen LogP contribution in [-0.2, 0) is 6.54 Å². The normalized spacial score (nSPS) is 15.1. The van der Waals surface area contributed by atoms with Crippen LogP contribution in [-0.4, -0.2) is 46.8 Å². The smallest absolute Gasteiger partial charge is 0.254 e. The Morgan fingerprint density at radius 3 is 2.58 bits per heavy atom.